The van der Waals surface area contributed by atoms with E-state index in [1.165, 1.54) is 12.0 Å². The molecular formula is C12H21NO4. The summed E-state index contributed by atoms with van der Waals surface area (Å²) in [5, 5.41) is 8.84. The first kappa shape index (κ1) is 13.8. The number of carbonyl (C=O) groups is 2. The maximum Gasteiger partial charge on any atom is 0.407 e. The van der Waals surface area contributed by atoms with E-state index in [1.54, 1.807) is 0 Å². The summed E-state index contributed by atoms with van der Waals surface area (Å²) in [7, 11) is 1.40. The summed E-state index contributed by atoms with van der Waals surface area (Å²) >= 11 is 0. The SMILES string of the molecule is COC(=O)C(C)(C)CC1CCN(C(=O)O)CC1. The first-order valence-corrected chi connectivity index (χ1v) is 5.93. The molecule has 1 saturated heterocycles. The first-order chi connectivity index (χ1) is 7.86. The van der Waals surface area contributed by atoms with Crippen LogP contribution < -0.4 is 0 Å². The zero-order valence-corrected chi connectivity index (χ0v) is 10.7. The average molecular weight is 243 g/mol. The van der Waals surface area contributed by atoms with Crippen LogP contribution in [-0.2, 0) is 9.53 Å². The highest BCUT2D eigenvalue weighted by Gasteiger charge is 2.33. The Morgan fingerprint density at radius 3 is 2.29 bits per heavy atom. The van der Waals surface area contributed by atoms with Crippen molar-refractivity contribution in [3.63, 3.8) is 0 Å². The first-order valence-electron chi connectivity index (χ1n) is 5.93. The van der Waals surface area contributed by atoms with Crippen LogP contribution in [0.1, 0.15) is 33.1 Å². The minimum absolute atomic E-state index is 0.196. The van der Waals surface area contributed by atoms with Gasteiger partial charge in [0, 0.05) is 13.1 Å². The van der Waals surface area contributed by atoms with Gasteiger partial charge in [0.05, 0.1) is 12.5 Å². The zero-order valence-electron chi connectivity index (χ0n) is 10.7. The molecule has 17 heavy (non-hydrogen) atoms. The minimum Gasteiger partial charge on any atom is -0.469 e. The van der Waals surface area contributed by atoms with Crippen molar-refractivity contribution >= 4 is 12.1 Å². The summed E-state index contributed by atoms with van der Waals surface area (Å²) in [6.45, 7) is 4.89. The fraction of sp³-hybridized carbons (Fsp3) is 0.833. The number of esters is 1. The van der Waals surface area contributed by atoms with Crippen LogP contribution in [0.2, 0.25) is 0 Å². The van der Waals surface area contributed by atoms with Crippen molar-refractivity contribution in [2.75, 3.05) is 20.2 Å². The van der Waals surface area contributed by atoms with Gasteiger partial charge in [-0.1, -0.05) is 0 Å². The van der Waals surface area contributed by atoms with E-state index < -0.39 is 11.5 Å². The number of nitrogens with zero attached hydrogens (tertiary/aromatic N) is 1. The van der Waals surface area contributed by atoms with Gasteiger partial charge in [-0.25, -0.2) is 4.79 Å². The van der Waals surface area contributed by atoms with E-state index in [9.17, 15) is 9.59 Å². The van der Waals surface area contributed by atoms with Crippen molar-refractivity contribution < 1.29 is 19.4 Å². The van der Waals surface area contributed by atoms with E-state index in [1.807, 2.05) is 13.8 Å². The number of hydrogen-bond donors (Lipinski definition) is 1. The second-order valence-electron chi connectivity index (χ2n) is 5.29. The Bertz CT molecular complexity index is 293. The molecule has 0 aromatic heterocycles. The van der Waals surface area contributed by atoms with Crippen LogP contribution in [0.25, 0.3) is 0 Å². The summed E-state index contributed by atoms with van der Waals surface area (Å²) in [6.07, 6.45) is 1.56. The Balaban J connectivity index is 2.45. The van der Waals surface area contributed by atoms with Gasteiger partial charge in [-0.05, 0) is 39.0 Å². The standard InChI is InChI=1S/C12H21NO4/c1-12(2,10(14)17-3)8-9-4-6-13(7-5-9)11(15)16/h9H,4-8H2,1-3H3,(H,15,16). The molecular weight excluding hydrogens is 222 g/mol. The molecule has 0 atom stereocenters. The average Bonchev–Trinajstić information content (AvgIpc) is 2.28. The number of amides is 1. The van der Waals surface area contributed by atoms with Gasteiger partial charge in [-0.2, -0.15) is 0 Å². The summed E-state index contributed by atoms with van der Waals surface area (Å²) in [5.74, 6) is 0.206. The number of hydrogen-bond acceptors (Lipinski definition) is 3. The van der Waals surface area contributed by atoms with E-state index in [0.717, 1.165) is 19.3 Å². The van der Waals surface area contributed by atoms with Crippen molar-refractivity contribution in [1.82, 2.24) is 4.90 Å². The molecule has 98 valence electrons. The van der Waals surface area contributed by atoms with Gasteiger partial charge in [-0.15, -0.1) is 0 Å². The fourth-order valence-corrected chi connectivity index (χ4v) is 2.41. The number of rotatable bonds is 3. The Hall–Kier alpha value is -1.26. The summed E-state index contributed by atoms with van der Waals surface area (Å²) < 4.78 is 4.77. The Morgan fingerprint density at radius 1 is 1.35 bits per heavy atom. The second kappa shape index (κ2) is 5.38. The third kappa shape index (κ3) is 3.61. The second-order valence-corrected chi connectivity index (χ2v) is 5.29. The molecule has 1 fully saturated rings. The molecule has 1 heterocycles. The summed E-state index contributed by atoms with van der Waals surface area (Å²) in [5.41, 5.74) is -0.481. The summed E-state index contributed by atoms with van der Waals surface area (Å²) in [6, 6.07) is 0. The zero-order chi connectivity index (χ0) is 13.1. The predicted molar refractivity (Wildman–Crippen MR) is 62.7 cm³/mol. The molecule has 1 aliphatic heterocycles. The highest BCUT2D eigenvalue weighted by Crippen LogP contribution is 2.32. The van der Waals surface area contributed by atoms with Crippen molar-refractivity contribution in [3.05, 3.63) is 0 Å². The third-order valence-electron chi connectivity index (χ3n) is 3.42. The van der Waals surface area contributed by atoms with Gasteiger partial charge in [-0.3, -0.25) is 4.79 Å². The highest BCUT2D eigenvalue weighted by molar-refractivity contribution is 5.75. The quantitative estimate of drug-likeness (QED) is 0.769. The molecule has 0 spiro atoms. The lowest BCUT2D eigenvalue weighted by Crippen LogP contribution is -2.39. The lowest BCUT2D eigenvalue weighted by molar-refractivity contribution is -0.152. The topological polar surface area (TPSA) is 66.8 Å². The number of likely N-dealkylation sites (tertiary alicyclic amines) is 1. The molecule has 0 aliphatic carbocycles. The van der Waals surface area contributed by atoms with Crippen LogP contribution in [0.15, 0.2) is 0 Å². The van der Waals surface area contributed by atoms with E-state index in [-0.39, 0.29) is 5.97 Å². The fourth-order valence-electron chi connectivity index (χ4n) is 2.41. The third-order valence-corrected chi connectivity index (χ3v) is 3.42. The Morgan fingerprint density at radius 2 is 1.88 bits per heavy atom. The highest BCUT2D eigenvalue weighted by atomic mass is 16.5. The Labute approximate surface area is 102 Å². The molecule has 0 aromatic carbocycles. The van der Waals surface area contributed by atoms with Gasteiger partial charge in [0.1, 0.15) is 0 Å². The smallest absolute Gasteiger partial charge is 0.407 e. The number of carbonyl (C=O) groups excluding carboxylic acids is 1. The van der Waals surface area contributed by atoms with E-state index in [4.69, 9.17) is 9.84 Å². The molecule has 0 radical (unpaired) electrons. The monoisotopic (exact) mass is 243 g/mol. The van der Waals surface area contributed by atoms with E-state index in [2.05, 4.69) is 0 Å². The number of piperidine rings is 1. The summed E-state index contributed by atoms with van der Waals surface area (Å²) in [4.78, 5) is 23.7. The van der Waals surface area contributed by atoms with Gasteiger partial charge in [0.2, 0.25) is 0 Å². The van der Waals surface area contributed by atoms with Crippen LogP contribution in [-0.4, -0.2) is 42.3 Å². The molecule has 1 amide bonds. The molecule has 0 bridgehead atoms. The van der Waals surface area contributed by atoms with Gasteiger partial charge in [0.25, 0.3) is 0 Å². The lowest BCUT2D eigenvalue weighted by Gasteiger charge is -2.33. The van der Waals surface area contributed by atoms with Crippen molar-refractivity contribution in [1.29, 1.82) is 0 Å². The molecule has 1 aliphatic rings. The Kier molecular flexibility index (Phi) is 4.37. The van der Waals surface area contributed by atoms with Crippen molar-refractivity contribution in [2.45, 2.75) is 33.1 Å². The van der Waals surface area contributed by atoms with Crippen LogP contribution >= 0.6 is 0 Å². The molecule has 5 heteroatoms. The normalized spacial score (nSPS) is 17.9. The largest absolute Gasteiger partial charge is 0.469 e. The van der Waals surface area contributed by atoms with Gasteiger partial charge >= 0.3 is 12.1 Å². The molecule has 0 aromatic rings. The van der Waals surface area contributed by atoms with Crippen LogP contribution in [0.4, 0.5) is 4.79 Å². The number of carboxylic acid groups (broad SMARTS) is 1. The lowest BCUT2D eigenvalue weighted by atomic mass is 9.79. The number of methoxy groups -OCH3 is 1. The maximum atomic E-state index is 11.6. The number of ether oxygens (including phenoxy) is 1. The minimum atomic E-state index is -0.851. The van der Waals surface area contributed by atoms with Crippen molar-refractivity contribution in [2.24, 2.45) is 11.3 Å². The maximum absolute atomic E-state index is 11.6. The van der Waals surface area contributed by atoms with Crippen molar-refractivity contribution in [3.8, 4) is 0 Å². The predicted octanol–water partition coefficient (Wildman–Crippen LogP) is 1.97. The molecule has 1 N–H and O–H groups in total. The van der Waals surface area contributed by atoms with Crippen LogP contribution in [0, 0.1) is 11.3 Å². The molecule has 1 rings (SSSR count). The molecule has 0 unspecified atom stereocenters. The van der Waals surface area contributed by atoms with Crippen LogP contribution in [0.3, 0.4) is 0 Å². The molecule has 5 nitrogen and oxygen atoms in total. The van der Waals surface area contributed by atoms with E-state index >= 15 is 0 Å². The van der Waals surface area contributed by atoms with Crippen LogP contribution in [0.5, 0.6) is 0 Å². The van der Waals surface area contributed by atoms with E-state index in [0.29, 0.717) is 19.0 Å². The van der Waals surface area contributed by atoms with Gasteiger partial charge in [0.15, 0.2) is 0 Å². The molecule has 0 saturated carbocycles. The van der Waals surface area contributed by atoms with Gasteiger partial charge < -0.3 is 14.7 Å².